The zero-order chi connectivity index (χ0) is 11.5. The van der Waals surface area contributed by atoms with Crippen LogP contribution in [-0.4, -0.2) is 21.2 Å². The van der Waals surface area contributed by atoms with Crippen molar-refractivity contribution in [2.75, 3.05) is 6.54 Å². The Hall–Kier alpha value is -1.36. The maximum absolute atomic E-state index is 9.57. The molecule has 0 saturated heterocycles. The Bertz CT molecular complexity index is 470. The molecular formula is C11H12ClN3O. The maximum atomic E-state index is 9.57. The highest BCUT2D eigenvalue weighted by molar-refractivity contribution is 6.32. The van der Waals surface area contributed by atoms with E-state index in [1.165, 1.54) is 0 Å². The van der Waals surface area contributed by atoms with Crippen molar-refractivity contribution >= 4 is 11.6 Å². The number of imidazole rings is 1. The number of aliphatic hydroxyl groups is 1. The van der Waals surface area contributed by atoms with E-state index >= 15 is 0 Å². The zero-order valence-corrected chi connectivity index (χ0v) is 9.30. The predicted molar refractivity (Wildman–Crippen MR) is 62.6 cm³/mol. The van der Waals surface area contributed by atoms with Crippen LogP contribution in [0.3, 0.4) is 0 Å². The van der Waals surface area contributed by atoms with Crippen LogP contribution in [0.25, 0.3) is 5.69 Å². The van der Waals surface area contributed by atoms with Gasteiger partial charge in [-0.2, -0.15) is 0 Å². The lowest BCUT2D eigenvalue weighted by molar-refractivity contribution is 0.187. The minimum atomic E-state index is -0.672. The van der Waals surface area contributed by atoms with Gasteiger partial charge in [0.2, 0.25) is 0 Å². The summed E-state index contributed by atoms with van der Waals surface area (Å²) in [5.41, 5.74) is 6.92. The Morgan fingerprint density at radius 2 is 2.31 bits per heavy atom. The molecule has 0 saturated carbocycles. The fourth-order valence-electron chi connectivity index (χ4n) is 1.48. The summed E-state index contributed by atoms with van der Waals surface area (Å²) in [6, 6.07) is 5.35. The van der Waals surface area contributed by atoms with Crippen molar-refractivity contribution in [1.82, 2.24) is 9.55 Å². The molecule has 2 aromatic rings. The molecule has 1 aromatic carbocycles. The van der Waals surface area contributed by atoms with Crippen LogP contribution in [-0.2, 0) is 0 Å². The van der Waals surface area contributed by atoms with Gasteiger partial charge in [0, 0.05) is 18.9 Å². The Balaban J connectivity index is 2.37. The monoisotopic (exact) mass is 237 g/mol. The van der Waals surface area contributed by atoms with Crippen LogP contribution in [0.4, 0.5) is 0 Å². The van der Waals surface area contributed by atoms with E-state index in [0.717, 1.165) is 11.3 Å². The fourth-order valence-corrected chi connectivity index (χ4v) is 1.76. The van der Waals surface area contributed by atoms with Crippen molar-refractivity contribution < 1.29 is 5.11 Å². The number of nitrogens with two attached hydrogens (primary N) is 1. The molecule has 84 valence electrons. The number of hydrogen-bond donors (Lipinski definition) is 2. The maximum Gasteiger partial charge on any atom is 0.0992 e. The summed E-state index contributed by atoms with van der Waals surface area (Å²) in [5, 5.41) is 10.1. The smallest absolute Gasteiger partial charge is 0.0992 e. The van der Waals surface area contributed by atoms with Crippen LogP contribution in [0.5, 0.6) is 0 Å². The first kappa shape index (κ1) is 11.1. The van der Waals surface area contributed by atoms with E-state index in [0.29, 0.717) is 5.02 Å². The Morgan fingerprint density at radius 1 is 1.50 bits per heavy atom. The largest absolute Gasteiger partial charge is 0.387 e. The lowest BCUT2D eigenvalue weighted by Crippen LogP contribution is -2.11. The van der Waals surface area contributed by atoms with Gasteiger partial charge in [-0.15, -0.1) is 0 Å². The average molecular weight is 238 g/mol. The molecule has 16 heavy (non-hydrogen) atoms. The van der Waals surface area contributed by atoms with Gasteiger partial charge in [0.05, 0.1) is 23.1 Å². The van der Waals surface area contributed by atoms with Crippen LogP contribution < -0.4 is 5.73 Å². The summed E-state index contributed by atoms with van der Waals surface area (Å²) in [4.78, 5) is 3.95. The second-order valence-electron chi connectivity index (χ2n) is 3.43. The standard InChI is InChI=1S/C11H12ClN3O/c12-9-5-8(11(16)6-13)1-2-10(9)15-4-3-14-7-15/h1-5,7,11,16H,6,13H2. The second-order valence-corrected chi connectivity index (χ2v) is 3.84. The molecule has 0 bridgehead atoms. The number of benzene rings is 1. The van der Waals surface area contributed by atoms with E-state index < -0.39 is 6.10 Å². The van der Waals surface area contributed by atoms with Crippen molar-refractivity contribution in [2.45, 2.75) is 6.10 Å². The normalized spacial score (nSPS) is 12.7. The summed E-state index contributed by atoms with van der Waals surface area (Å²) in [5.74, 6) is 0. The molecule has 1 aromatic heterocycles. The quantitative estimate of drug-likeness (QED) is 0.851. The van der Waals surface area contributed by atoms with Crippen LogP contribution >= 0.6 is 11.6 Å². The molecule has 0 radical (unpaired) electrons. The van der Waals surface area contributed by atoms with E-state index in [4.69, 9.17) is 17.3 Å². The van der Waals surface area contributed by atoms with Crippen LogP contribution in [0.1, 0.15) is 11.7 Å². The number of nitrogens with zero attached hydrogens (tertiary/aromatic N) is 2. The number of aromatic nitrogens is 2. The third-order valence-electron chi connectivity index (χ3n) is 2.36. The van der Waals surface area contributed by atoms with Gasteiger partial charge in [0.15, 0.2) is 0 Å². The Kier molecular flexibility index (Phi) is 3.24. The van der Waals surface area contributed by atoms with Crippen molar-refractivity contribution in [2.24, 2.45) is 5.73 Å². The van der Waals surface area contributed by atoms with Gasteiger partial charge in [0.1, 0.15) is 0 Å². The lowest BCUT2D eigenvalue weighted by Gasteiger charge is -2.11. The van der Waals surface area contributed by atoms with Gasteiger partial charge in [-0.25, -0.2) is 4.98 Å². The average Bonchev–Trinajstić information content (AvgIpc) is 2.81. The van der Waals surface area contributed by atoms with Crippen LogP contribution in [0.15, 0.2) is 36.9 Å². The van der Waals surface area contributed by atoms with Gasteiger partial charge in [-0.05, 0) is 17.7 Å². The molecule has 5 heteroatoms. The number of aliphatic hydroxyl groups excluding tert-OH is 1. The summed E-state index contributed by atoms with van der Waals surface area (Å²) < 4.78 is 1.81. The first-order valence-electron chi connectivity index (χ1n) is 4.88. The Labute approximate surface area is 98.3 Å². The highest BCUT2D eigenvalue weighted by atomic mass is 35.5. The Morgan fingerprint density at radius 3 is 2.88 bits per heavy atom. The summed E-state index contributed by atoms with van der Waals surface area (Å²) in [6.07, 6.45) is 4.48. The summed E-state index contributed by atoms with van der Waals surface area (Å²) >= 11 is 6.12. The van der Waals surface area contributed by atoms with Gasteiger partial charge < -0.3 is 15.4 Å². The van der Waals surface area contributed by atoms with E-state index in [1.54, 1.807) is 35.4 Å². The summed E-state index contributed by atoms with van der Waals surface area (Å²) in [7, 11) is 0. The first-order valence-corrected chi connectivity index (χ1v) is 5.26. The van der Waals surface area contributed by atoms with E-state index in [9.17, 15) is 5.11 Å². The molecule has 0 fully saturated rings. The van der Waals surface area contributed by atoms with Crippen molar-refractivity contribution in [3.63, 3.8) is 0 Å². The molecule has 1 heterocycles. The SMILES string of the molecule is NCC(O)c1ccc(-n2ccnc2)c(Cl)c1. The predicted octanol–water partition coefficient (Wildman–Crippen LogP) is 1.52. The zero-order valence-electron chi connectivity index (χ0n) is 8.55. The first-order chi connectivity index (χ1) is 7.72. The van der Waals surface area contributed by atoms with Gasteiger partial charge >= 0.3 is 0 Å². The number of rotatable bonds is 3. The minimum Gasteiger partial charge on any atom is -0.387 e. The molecule has 0 aliphatic rings. The number of halogens is 1. The highest BCUT2D eigenvalue weighted by Gasteiger charge is 2.08. The van der Waals surface area contributed by atoms with E-state index in [1.807, 2.05) is 6.07 Å². The van der Waals surface area contributed by atoms with Crippen molar-refractivity contribution in [1.29, 1.82) is 0 Å². The topological polar surface area (TPSA) is 64.1 Å². The van der Waals surface area contributed by atoms with Crippen LogP contribution in [0, 0.1) is 0 Å². The van der Waals surface area contributed by atoms with Crippen LogP contribution in [0.2, 0.25) is 5.02 Å². The molecule has 1 atom stereocenters. The summed E-state index contributed by atoms with van der Waals surface area (Å²) in [6.45, 7) is 0.181. The third-order valence-corrected chi connectivity index (χ3v) is 2.67. The van der Waals surface area contributed by atoms with Gasteiger partial charge in [-0.3, -0.25) is 0 Å². The second kappa shape index (κ2) is 4.65. The molecule has 0 spiro atoms. The lowest BCUT2D eigenvalue weighted by atomic mass is 10.1. The fraction of sp³-hybridized carbons (Fsp3) is 0.182. The highest BCUT2D eigenvalue weighted by Crippen LogP contribution is 2.24. The van der Waals surface area contributed by atoms with Crippen molar-refractivity contribution in [3.05, 3.63) is 47.5 Å². The number of hydrogen-bond acceptors (Lipinski definition) is 3. The molecule has 1 unspecified atom stereocenters. The van der Waals surface area contributed by atoms with Crippen molar-refractivity contribution in [3.8, 4) is 5.69 Å². The van der Waals surface area contributed by atoms with Gasteiger partial charge in [-0.1, -0.05) is 17.7 Å². The van der Waals surface area contributed by atoms with Gasteiger partial charge in [0.25, 0.3) is 0 Å². The molecular weight excluding hydrogens is 226 g/mol. The van der Waals surface area contributed by atoms with E-state index in [2.05, 4.69) is 4.98 Å². The molecule has 4 nitrogen and oxygen atoms in total. The molecule has 0 amide bonds. The molecule has 0 aliphatic heterocycles. The minimum absolute atomic E-state index is 0.181. The third kappa shape index (κ3) is 2.09. The molecule has 2 rings (SSSR count). The molecule has 3 N–H and O–H groups in total. The van der Waals surface area contributed by atoms with E-state index in [-0.39, 0.29) is 6.54 Å². The molecule has 0 aliphatic carbocycles.